The van der Waals surface area contributed by atoms with E-state index in [4.69, 9.17) is 0 Å². The van der Waals surface area contributed by atoms with E-state index in [2.05, 4.69) is 42.8 Å². The number of ketones is 1. The molecule has 0 bridgehead atoms. The molecule has 0 saturated carbocycles. The highest BCUT2D eigenvalue weighted by atomic mass is 32.1. The summed E-state index contributed by atoms with van der Waals surface area (Å²) in [5.41, 5.74) is 1.36. The highest BCUT2D eigenvalue weighted by Gasteiger charge is 2.17. The molecule has 1 aromatic carbocycles. The molecule has 0 aliphatic rings. The topological polar surface area (TPSA) is 71.7 Å². The molecular formula is C20H26N2O3S. The van der Waals surface area contributed by atoms with Crippen LogP contribution in [0.25, 0.3) is 0 Å². The minimum Gasteiger partial charge on any atom is -0.507 e. The SMILES string of the molecule is CCCCc1cn(C(C)(C)C)s/c1=N\C(=O)c1cc(C(C)=O)ccc1O. The molecule has 0 fully saturated rings. The van der Waals surface area contributed by atoms with Crippen molar-refractivity contribution in [2.45, 2.75) is 59.4 Å². The van der Waals surface area contributed by atoms with Crippen molar-refractivity contribution in [3.05, 3.63) is 45.8 Å². The van der Waals surface area contributed by atoms with E-state index in [9.17, 15) is 14.7 Å². The van der Waals surface area contributed by atoms with Crippen molar-refractivity contribution in [2.24, 2.45) is 4.99 Å². The van der Waals surface area contributed by atoms with E-state index in [0.29, 0.717) is 10.2 Å². The Morgan fingerprint density at radius 3 is 2.54 bits per heavy atom. The third kappa shape index (κ3) is 4.69. The Kier molecular flexibility index (Phi) is 6.18. The van der Waals surface area contributed by atoms with Crippen LogP contribution in [0.15, 0.2) is 29.4 Å². The number of hydrogen-bond acceptors (Lipinski definition) is 4. The van der Waals surface area contributed by atoms with Gasteiger partial charge in [0.05, 0.1) is 5.56 Å². The summed E-state index contributed by atoms with van der Waals surface area (Å²) >= 11 is 1.44. The molecule has 1 amide bonds. The second-order valence-corrected chi connectivity index (χ2v) is 8.32. The minimum absolute atomic E-state index is 0.0508. The number of nitrogens with zero attached hydrogens (tertiary/aromatic N) is 2. The molecule has 0 aliphatic heterocycles. The maximum absolute atomic E-state index is 12.7. The van der Waals surface area contributed by atoms with Gasteiger partial charge in [0.25, 0.3) is 5.91 Å². The second kappa shape index (κ2) is 7.99. The first-order valence-corrected chi connectivity index (χ1v) is 9.56. The first-order chi connectivity index (χ1) is 12.1. The number of aromatic nitrogens is 1. The average molecular weight is 375 g/mol. The third-order valence-corrected chi connectivity index (χ3v) is 5.41. The molecule has 1 aromatic heterocycles. The first-order valence-electron chi connectivity index (χ1n) is 8.78. The van der Waals surface area contributed by atoms with Gasteiger partial charge in [-0.25, -0.2) is 0 Å². The van der Waals surface area contributed by atoms with E-state index in [1.807, 2.05) is 0 Å². The lowest BCUT2D eigenvalue weighted by molar-refractivity contribution is 0.0996. The van der Waals surface area contributed by atoms with Gasteiger partial charge in [0.1, 0.15) is 10.4 Å². The number of phenols is 1. The van der Waals surface area contributed by atoms with E-state index < -0.39 is 5.91 Å². The summed E-state index contributed by atoms with van der Waals surface area (Å²) in [4.78, 5) is 28.5. The van der Waals surface area contributed by atoms with Crippen LogP contribution in [0, 0.1) is 0 Å². The molecule has 0 atom stereocenters. The lowest BCUT2D eigenvalue weighted by Crippen LogP contribution is -2.18. The van der Waals surface area contributed by atoms with Gasteiger partial charge >= 0.3 is 0 Å². The third-order valence-electron chi connectivity index (χ3n) is 4.03. The van der Waals surface area contributed by atoms with E-state index in [-0.39, 0.29) is 22.6 Å². The van der Waals surface area contributed by atoms with Gasteiger partial charge in [0.15, 0.2) is 5.78 Å². The van der Waals surface area contributed by atoms with Gasteiger partial charge in [-0.3, -0.25) is 13.5 Å². The maximum atomic E-state index is 12.7. The minimum atomic E-state index is -0.536. The predicted molar refractivity (Wildman–Crippen MR) is 104 cm³/mol. The molecular weight excluding hydrogens is 348 g/mol. The highest BCUT2D eigenvalue weighted by Crippen LogP contribution is 2.21. The number of aromatic hydroxyl groups is 1. The molecule has 26 heavy (non-hydrogen) atoms. The van der Waals surface area contributed by atoms with Crippen molar-refractivity contribution in [3.8, 4) is 5.75 Å². The summed E-state index contributed by atoms with van der Waals surface area (Å²) in [5, 5.41) is 10.0. The first kappa shape index (κ1) is 20.1. The zero-order valence-electron chi connectivity index (χ0n) is 16.0. The Morgan fingerprint density at radius 2 is 1.96 bits per heavy atom. The number of Topliss-reactive ketones (excluding diaryl/α,β-unsaturated/α-hetero) is 1. The number of benzene rings is 1. The van der Waals surface area contributed by atoms with Crippen LogP contribution in [0.3, 0.4) is 0 Å². The molecule has 2 aromatic rings. The predicted octanol–water partition coefficient (Wildman–Crippen LogP) is 4.30. The molecule has 0 spiro atoms. The van der Waals surface area contributed by atoms with E-state index in [1.54, 1.807) is 0 Å². The summed E-state index contributed by atoms with van der Waals surface area (Å²) in [6.07, 6.45) is 4.98. The van der Waals surface area contributed by atoms with Crippen LogP contribution in [-0.2, 0) is 12.0 Å². The average Bonchev–Trinajstić information content (AvgIpc) is 2.96. The molecule has 1 heterocycles. The van der Waals surface area contributed by atoms with Crippen molar-refractivity contribution in [1.82, 2.24) is 3.96 Å². The fourth-order valence-corrected chi connectivity index (χ4v) is 3.45. The van der Waals surface area contributed by atoms with Crippen LogP contribution < -0.4 is 4.67 Å². The van der Waals surface area contributed by atoms with Crippen LogP contribution >= 0.6 is 11.5 Å². The van der Waals surface area contributed by atoms with Crippen molar-refractivity contribution >= 4 is 23.2 Å². The molecule has 0 aliphatic carbocycles. The highest BCUT2D eigenvalue weighted by molar-refractivity contribution is 7.04. The van der Waals surface area contributed by atoms with Crippen LogP contribution in [0.1, 0.15) is 73.7 Å². The van der Waals surface area contributed by atoms with Gasteiger partial charge in [-0.15, -0.1) is 0 Å². The van der Waals surface area contributed by atoms with Crippen molar-refractivity contribution in [3.63, 3.8) is 0 Å². The number of hydrogen-bond donors (Lipinski definition) is 1. The normalized spacial score (nSPS) is 12.4. The summed E-state index contributed by atoms with van der Waals surface area (Å²) < 4.78 is 2.75. The molecule has 0 radical (unpaired) electrons. The van der Waals surface area contributed by atoms with Crippen LogP contribution in [-0.4, -0.2) is 20.8 Å². The van der Waals surface area contributed by atoms with E-state index in [0.717, 1.165) is 24.8 Å². The number of aryl methyl sites for hydroxylation is 1. The van der Waals surface area contributed by atoms with Crippen LogP contribution in [0.2, 0.25) is 0 Å². The number of unbranched alkanes of at least 4 members (excludes halogenated alkanes) is 1. The van der Waals surface area contributed by atoms with Gasteiger partial charge in [-0.2, -0.15) is 4.99 Å². The largest absolute Gasteiger partial charge is 0.507 e. The molecule has 5 nitrogen and oxygen atoms in total. The summed E-state index contributed by atoms with van der Waals surface area (Å²) in [6, 6.07) is 4.27. The second-order valence-electron chi connectivity index (χ2n) is 7.36. The molecule has 2 rings (SSSR count). The quantitative estimate of drug-likeness (QED) is 0.793. The van der Waals surface area contributed by atoms with Crippen LogP contribution in [0.4, 0.5) is 0 Å². The molecule has 0 saturated heterocycles. The summed E-state index contributed by atoms with van der Waals surface area (Å²) in [7, 11) is 0. The lowest BCUT2D eigenvalue weighted by atomic mass is 10.1. The number of carbonyl (C=O) groups excluding carboxylic acids is 2. The summed E-state index contributed by atoms with van der Waals surface area (Å²) in [5.74, 6) is -0.866. The number of rotatable bonds is 5. The van der Waals surface area contributed by atoms with Crippen molar-refractivity contribution in [1.29, 1.82) is 0 Å². The number of carbonyl (C=O) groups is 2. The fourth-order valence-electron chi connectivity index (χ4n) is 2.42. The van der Waals surface area contributed by atoms with Gasteiger partial charge in [-0.05, 0) is 70.3 Å². The standard InChI is InChI=1S/C20H26N2O3S/c1-6-7-8-15-12-22(20(3,4)5)26-19(15)21-18(25)16-11-14(13(2)23)9-10-17(16)24/h9-12,24H,6-8H2,1-5H3/b21-19-. The maximum Gasteiger partial charge on any atom is 0.282 e. The van der Waals surface area contributed by atoms with Gasteiger partial charge in [-0.1, -0.05) is 13.3 Å². The van der Waals surface area contributed by atoms with Gasteiger partial charge in [0, 0.05) is 22.9 Å². The van der Waals surface area contributed by atoms with E-state index >= 15 is 0 Å². The molecule has 6 heteroatoms. The Hall–Kier alpha value is -2.21. The molecule has 0 unspecified atom stereocenters. The van der Waals surface area contributed by atoms with Crippen molar-refractivity contribution in [2.75, 3.05) is 0 Å². The Labute approximate surface area is 158 Å². The Morgan fingerprint density at radius 1 is 1.27 bits per heavy atom. The van der Waals surface area contributed by atoms with Gasteiger partial charge in [0.2, 0.25) is 0 Å². The number of amides is 1. The zero-order valence-corrected chi connectivity index (χ0v) is 16.8. The zero-order chi connectivity index (χ0) is 19.5. The summed E-state index contributed by atoms with van der Waals surface area (Å²) in [6.45, 7) is 9.84. The Bertz CT molecular complexity index is 885. The smallest absolute Gasteiger partial charge is 0.282 e. The lowest BCUT2D eigenvalue weighted by Gasteiger charge is -2.19. The van der Waals surface area contributed by atoms with Crippen molar-refractivity contribution < 1.29 is 14.7 Å². The fraction of sp³-hybridized carbons (Fsp3) is 0.450. The Balaban J connectivity index is 2.51. The monoisotopic (exact) mass is 374 g/mol. The van der Waals surface area contributed by atoms with Crippen LogP contribution in [0.5, 0.6) is 5.75 Å². The molecule has 1 N–H and O–H groups in total. The van der Waals surface area contributed by atoms with E-state index in [1.165, 1.54) is 36.7 Å². The molecule has 140 valence electrons. The number of phenolic OH excluding ortho intramolecular Hbond substituents is 1. The van der Waals surface area contributed by atoms with Gasteiger partial charge < -0.3 is 5.11 Å².